The third-order valence-electron chi connectivity index (χ3n) is 3.89. The fraction of sp³-hybridized carbons (Fsp3) is 0.688. The molecule has 1 aromatic heterocycles. The lowest BCUT2D eigenvalue weighted by Gasteiger charge is -2.27. The highest BCUT2D eigenvalue weighted by Gasteiger charge is 2.27. The Labute approximate surface area is 117 Å². The Balaban J connectivity index is 2.21. The zero-order chi connectivity index (χ0) is 14.0. The number of likely N-dealkylation sites (tertiary alicyclic amines) is 1. The molecule has 0 bridgehead atoms. The molecular formula is C16H27N3. The van der Waals surface area contributed by atoms with Crippen LogP contribution in [0.4, 0.5) is 5.82 Å². The van der Waals surface area contributed by atoms with E-state index in [-0.39, 0.29) is 0 Å². The van der Waals surface area contributed by atoms with Gasteiger partial charge in [-0.15, -0.1) is 0 Å². The van der Waals surface area contributed by atoms with Gasteiger partial charge in [-0.1, -0.05) is 19.9 Å². The zero-order valence-corrected chi connectivity index (χ0v) is 13.0. The van der Waals surface area contributed by atoms with E-state index in [1.807, 2.05) is 14.1 Å². The highest BCUT2D eigenvalue weighted by Crippen LogP contribution is 2.34. The van der Waals surface area contributed by atoms with E-state index >= 15 is 0 Å². The predicted molar refractivity (Wildman–Crippen MR) is 81.7 cm³/mol. The molecule has 0 spiro atoms. The Bertz CT molecular complexity index is 426. The quantitative estimate of drug-likeness (QED) is 0.829. The number of hydrogen-bond acceptors (Lipinski definition) is 3. The van der Waals surface area contributed by atoms with Gasteiger partial charge in [-0.05, 0) is 43.9 Å². The summed E-state index contributed by atoms with van der Waals surface area (Å²) in [5, 5.41) is 0. The number of aryl methyl sites for hydroxylation is 1. The van der Waals surface area contributed by atoms with Crippen LogP contribution in [0.5, 0.6) is 0 Å². The molecule has 1 fully saturated rings. The van der Waals surface area contributed by atoms with Crippen LogP contribution in [0.1, 0.15) is 44.0 Å². The summed E-state index contributed by atoms with van der Waals surface area (Å²) in [6.45, 7) is 9.18. The van der Waals surface area contributed by atoms with Crippen molar-refractivity contribution in [2.24, 2.45) is 5.92 Å². The predicted octanol–water partition coefficient (Wildman–Crippen LogP) is 3.25. The molecule has 2 rings (SSSR count). The summed E-state index contributed by atoms with van der Waals surface area (Å²) in [7, 11) is 4.09. The maximum atomic E-state index is 4.73. The molecule has 0 amide bonds. The largest absolute Gasteiger partial charge is 0.363 e. The van der Waals surface area contributed by atoms with Gasteiger partial charge in [-0.3, -0.25) is 4.90 Å². The van der Waals surface area contributed by atoms with Crippen LogP contribution in [0.15, 0.2) is 12.1 Å². The second-order valence-electron chi connectivity index (χ2n) is 6.29. The van der Waals surface area contributed by atoms with E-state index in [2.05, 4.69) is 42.7 Å². The summed E-state index contributed by atoms with van der Waals surface area (Å²) in [6.07, 6.45) is 2.59. The Hall–Kier alpha value is -1.09. The van der Waals surface area contributed by atoms with E-state index in [9.17, 15) is 0 Å². The van der Waals surface area contributed by atoms with E-state index in [1.54, 1.807) is 0 Å². The molecule has 1 saturated heterocycles. The number of hydrogen-bond donors (Lipinski definition) is 0. The maximum Gasteiger partial charge on any atom is 0.128 e. The van der Waals surface area contributed by atoms with Crippen LogP contribution >= 0.6 is 0 Å². The molecule has 0 N–H and O–H groups in total. The molecule has 0 radical (unpaired) electrons. The van der Waals surface area contributed by atoms with Crippen LogP contribution in [-0.2, 0) is 0 Å². The molecule has 0 aliphatic carbocycles. The minimum absolute atomic E-state index is 0.575. The average molecular weight is 261 g/mol. The lowest BCUT2D eigenvalue weighted by atomic mass is 10.0. The molecule has 3 heteroatoms. The number of nitrogens with zero attached hydrogens (tertiary/aromatic N) is 3. The van der Waals surface area contributed by atoms with Gasteiger partial charge in [0.25, 0.3) is 0 Å². The summed E-state index contributed by atoms with van der Waals surface area (Å²) in [5.74, 6) is 1.78. The second kappa shape index (κ2) is 5.91. The van der Waals surface area contributed by atoms with Crippen LogP contribution in [0, 0.1) is 12.8 Å². The first kappa shape index (κ1) is 14.3. The van der Waals surface area contributed by atoms with Crippen molar-refractivity contribution in [2.45, 2.75) is 39.7 Å². The summed E-state index contributed by atoms with van der Waals surface area (Å²) in [4.78, 5) is 9.43. The van der Waals surface area contributed by atoms with Crippen LogP contribution in [0.25, 0.3) is 0 Å². The van der Waals surface area contributed by atoms with Gasteiger partial charge in [-0.25, -0.2) is 4.98 Å². The normalized spacial score (nSPS) is 20.2. The van der Waals surface area contributed by atoms with Gasteiger partial charge in [0, 0.05) is 32.4 Å². The summed E-state index contributed by atoms with van der Waals surface area (Å²) >= 11 is 0. The standard InChI is InChI=1S/C16H27N3/c1-12(2)11-19-10-6-7-15(19)14-8-9-16(18(4)5)17-13(14)3/h8-9,12,15H,6-7,10-11H2,1-5H3/t15-/m0/s1. The van der Waals surface area contributed by atoms with Crippen LogP contribution in [-0.4, -0.2) is 37.1 Å². The summed E-state index contributed by atoms with van der Waals surface area (Å²) in [5.41, 5.74) is 2.61. The molecule has 0 unspecified atom stereocenters. The third-order valence-corrected chi connectivity index (χ3v) is 3.89. The molecule has 1 aliphatic heterocycles. The van der Waals surface area contributed by atoms with Crippen molar-refractivity contribution in [1.29, 1.82) is 0 Å². The van der Waals surface area contributed by atoms with Gasteiger partial charge in [0.2, 0.25) is 0 Å². The van der Waals surface area contributed by atoms with Gasteiger partial charge in [0.05, 0.1) is 0 Å². The smallest absolute Gasteiger partial charge is 0.128 e. The van der Waals surface area contributed by atoms with Crippen LogP contribution in [0.3, 0.4) is 0 Å². The zero-order valence-electron chi connectivity index (χ0n) is 13.0. The minimum atomic E-state index is 0.575. The highest BCUT2D eigenvalue weighted by atomic mass is 15.2. The monoisotopic (exact) mass is 261 g/mol. The topological polar surface area (TPSA) is 19.4 Å². The molecule has 19 heavy (non-hydrogen) atoms. The average Bonchev–Trinajstić information content (AvgIpc) is 2.75. The van der Waals surface area contributed by atoms with Gasteiger partial charge >= 0.3 is 0 Å². The lowest BCUT2D eigenvalue weighted by molar-refractivity contribution is 0.228. The Morgan fingerprint density at radius 2 is 2.11 bits per heavy atom. The molecule has 3 nitrogen and oxygen atoms in total. The Kier molecular flexibility index (Phi) is 4.46. The number of aromatic nitrogens is 1. The van der Waals surface area contributed by atoms with Crippen molar-refractivity contribution in [3.63, 3.8) is 0 Å². The maximum absolute atomic E-state index is 4.73. The fourth-order valence-corrected chi connectivity index (χ4v) is 3.03. The van der Waals surface area contributed by atoms with E-state index in [4.69, 9.17) is 4.98 Å². The first-order valence-corrected chi connectivity index (χ1v) is 7.38. The number of rotatable bonds is 4. The van der Waals surface area contributed by atoms with E-state index in [1.165, 1.54) is 37.2 Å². The highest BCUT2D eigenvalue weighted by molar-refractivity contribution is 5.41. The van der Waals surface area contributed by atoms with Gasteiger partial charge in [0.15, 0.2) is 0 Å². The molecule has 2 heterocycles. The lowest BCUT2D eigenvalue weighted by Crippen LogP contribution is -2.28. The third kappa shape index (κ3) is 3.27. The number of anilines is 1. The summed E-state index contributed by atoms with van der Waals surface area (Å²) in [6, 6.07) is 5.00. The summed E-state index contributed by atoms with van der Waals surface area (Å²) < 4.78 is 0. The van der Waals surface area contributed by atoms with Gasteiger partial charge in [0.1, 0.15) is 5.82 Å². The first-order chi connectivity index (χ1) is 8.99. The SMILES string of the molecule is Cc1nc(N(C)C)ccc1[C@@H]1CCCN1CC(C)C. The van der Waals surface area contributed by atoms with E-state index < -0.39 is 0 Å². The molecular weight excluding hydrogens is 234 g/mol. The van der Waals surface area contributed by atoms with Crippen molar-refractivity contribution in [3.8, 4) is 0 Å². The van der Waals surface area contributed by atoms with Crippen molar-refractivity contribution in [2.75, 3.05) is 32.1 Å². The van der Waals surface area contributed by atoms with E-state index in [0.29, 0.717) is 6.04 Å². The molecule has 106 valence electrons. The second-order valence-corrected chi connectivity index (χ2v) is 6.29. The van der Waals surface area contributed by atoms with Crippen molar-refractivity contribution in [1.82, 2.24) is 9.88 Å². The number of pyridine rings is 1. The molecule has 1 atom stereocenters. The Morgan fingerprint density at radius 1 is 1.37 bits per heavy atom. The van der Waals surface area contributed by atoms with E-state index in [0.717, 1.165) is 11.7 Å². The van der Waals surface area contributed by atoms with Crippen LogP contribution < -0.4 is 4.90 Å². The fourth-order valence-electron chi connectivity index (χ4n) is 3.03. The van der Waals surface area contributed by atoms with Crippen molar-refractivity contribution < 1.29 is 0 Å². The minimum Gasteiger partial charge on any atom is -0.363 e. The molecule has 1 aromatic rings. The van der Waals surface area contributed by atoms with Gasteiger partial charge in [-0.2, -0.15) is 0 Å². The van der Waals surface area contributed by atoms with Crippen molar-refractivity contribution >= 4 is 5.82 Å². The molecule has 1 aliphatic rings. The first-order valence-electron chi connectivity index (χ1n) is 7.38. The van der Waals surface area contributed by atoms with Gasteiger partial charge < -0.3 is 4.90 Å². The van der Waals surface area contributed by atoms with Crippen LogP contribution in [0.2, 0.25) is 0 Å². The molecule has 0 saturated carbocycles. The van der Waals surface area contributed by atoms with Crippen molar-refractivity contribution in [3.05, 3.63) is 23.4 Å². The Morgan fingerprint density at radius 3 is 2.68 bits per heavy atom. The molecule has 0 aromatic carbocycles.